The van der Waals surface area contributed by atoms with Gasteiger partial charge in [-0.3, -0.25) is 25.0 Å². The highest BCUT2D eigenvalue weighted by molar-refractivity contribution is 8.13. The molecule has 1 fully saturated rings. The van der Waals surface area contributed by atoms with Crippen LogP contribution in [0.25, 0.3) is 11.1 Å². The number of phenolic OH excluding ortho intramolecular Hbond substituents is 1. The lowest BCUT2D eigenvalue weighted by molar-refractivity contribution is -0.385. The number of nitro benzene ring substituents is 2. The van der Waals surface area contributed by atoms with E-state index in [1.54, 1.807) is 35.2 Å². The molecule has 0 aliphatic carbocycles. The zero-order chi connectivity index (χ0) is 36.9. The van der Waals surface area contributed by atoms with Gasteiger partial charge in [0.15, 0.2) is 5.12 Å². The van der Waals surface area contributed by atoms with Gasteiger partial charge in [0, 0.05) is 61.3 Å². The maximum Gasteiger partial charge on any atom is 0.410 e. The number of alkyl carbamates (subject to hydrolysis) is 1. The molecule has 266 valence electrons. The maximum absolute atomic E-state index is 11.9. The number of rotatable bonds is 10. The van der Waals surface area contributed by atoms with E-state index in [4.69, 9.17) is 9.47 Å². The minimum Gasteiger partial charge on any atom is -0.507 e. The number of nitrogens with zero attached hydrogens (tertiary/aromatic N) is 3. The second-order valence-corrected chi connectivity index (χ2v) is 12.9. The monoisotopic (exact) mass is 716 g/mol. The number of amides is 2. The first-order valence-corrected chi connectivity index (χ1v) is 16.6. The first-order chi connectivity index (χ1) is 24.4. The fourth-order valence-electron chi connectivity index (χ4n) is 4.93. The quantitative estimate of drug-likeness (QED) is 0.0933. The van der Waals surface area contributed by atoms with Gasteiger partial charge in [0.2, 0.25) is 0 Å². The highest BCUT2D eigenvalue weighted by Crippen LogP contribution is 2.33. The number of hydrogen-bond acceptors (Lipinski definition) is 11. The van der Waals surface area contributed by atoms with Crippen molar-refractivity contribution in [1.82, 2.24) is 10.2 Å². The molecule has 0 spiro atoms. The molecule has 0 unspecified atom stereocenters. The molecule has 14 nitrogen and oxygen atoms in total. The van der Waals surface area contributed by atoms with Crippen LogP contribution in [0.15, 0.2) is 95.9 Å². The van der Waals surface area contributed by atoms with Gasteiger partial charge in [0.1, 0.15) is 19.0 Å². The molecule has 0 aromatic heterocycles. The van der Waals surface area contributed by atoms with E-state index in [1.807, 2.05) is 24.3 Å². The van der Waals surface area contributed by atoms with Crippen LogP contribution in [0.2, 0.25) is 0 Å². The minimum atomic E-state index is -0.608. The van der Waals surface area contributed by atoms with E-state index < -0.39 is 15.9 Å². The second kappa shape index (κ2) is 18.2. The van der Waals surface area contributed by atoms with Crippen LogP contribution in [0.5, 0.6) is 5.75 Å². The van der Waals surface area contributed by atoms with Crippen molar-refractivity contribution < 1.29 is 38.8 Å². The molecule has 1 saturated heterocycles. The van der Waals surface area contributed by atoms with Crippen molar-refractivity contribution in [3.8, 4) is 16.9 Å². The Morgan fingerprint density at radius 1 is 0.843 bits per heavy atom. The van der Waals surface area contributed by atoms with Gasteiger partial charge in [-0.25, -0.2) is 9.59 Å². The number of carbonyl (C=O) groups excluding carboxylic acids is 3. The van der Waals surface area contributed by atoms with Crippen LogP contribution >= 0.6 is 11.8 Å². The summed E-state index contributed by atoms with van der Waals surface area (Å²) < 4.78 is 10.3. The van der Waals surface area contributed by atoms with E-state index in [0.717, 1.165) is 48.0 Å². The lowest BCUT2D eigenvalue weighted by atomic mass is 10.0. The molecule has 1 aliphatic heterocycles. The summed E-state index contributed by atoms with van der Waals surface area (Å²) in [6, 6.07) is 24.1. The molecule has 4 aromatic rings. The summed E-state index contributed by atoms with van der Waals surface area (Å²) in [5, 5.41) is 34.0. The van der Waals surface area contributed by atoms with Crippen molar-refractivity contribution in [2.24, 2.45) is 5.92 Å². The molecule has 0 saturated carbocycles. The van der Waals surface area contributed by atoms with Gasteiger partial charge in [0.25, 0.3) is 11.4 Å². The Labute approximate surface area is 297 Å². The van der Waals surface area contributed by atoms with Gasteiger partial charge < -0.3 is 24.8 Å². The molecular weight excluding hydrogens is 680 g/mol. The highest BCUT2D eigenvalue weighted by atomic mass is 32.2. The Kier molecular flexibility index (Phi) is 13.5. The van der Waals surface area contributed by atoms with Crippen molar-refractivity contribution in [2.75, 3.05) is 13.1 Å². The van der Waals surface area contributed by atoms with E-state index in [9.17, 15) is 39.7 Å². The van der Waals surface area contributed by atoms with Gasteiger partial charge in [-0.15, -0.1) is 0 Å². The standard InChI is InChI=1S/C23H20N2O6S.C13H16N2O4/c1-15(26)32-20-10-11-21(22(27)12-20)18-6-2-16(3-7-18)13-24-23(28)31-14-17-4-8-19(9-5-17)25(29)30;1-10-6-7-14(8-10)13(16)19-9-11-2-4-12(5-3-11)15(17)18/h2-12,27H,13-14H2,1H3,(H,24,28);2-5,10H,6-9H2,1H3/t;10-/m.0/s1. The van der Waals surface area contributed by atoms with Gasteiger partial charge >= 0.3 is 12.2 Å². The zero-order valence-corrected chi connectivity index (χ0v) is 28.7. The minimum absolute atomic E-state index is 0.0000479. The Morgan fingerprint density at radius 2 is 1.39 bits per heavy atom. The summed E-state index contributed by atoms with van der Waals surface area (Å²) in [7, 11) is 0. The number of aromatic hydroxyl groups is 1. The first-order valence-electron chi connectivity index (χ1n) is 15.8. The third-order valence-electron chi connectivity index (χ3n) is 7.64. The van der Waals surface area contributed by atoms with Crippen molar-refractivity contribution in [3.05, 3.63) is 128 Å². The van der Waals surface area contributed by atoms with Crippen molar-refractivity contribution >= 4 is 40.4 Å². The van der Waals surface area contributed by atoms with Gasteiger partial charge in [-0.1, -0.05) is 43.0 Å². The van der Waals surface area contributed by atoms with Crippen LogP contribution in [0, 0.1) is 26.1 Å². The molecule has 0 bridgehead atoms. The van der Waals surface area contributed by atoms with Crippen LogP contribution in [0.3, 0.4) is 0 Å². The molecule has 2 amide bonds. The average molecular weight is 717 g/mol. The van der Waals surface area contributed by atoms with E-state index in [2.05, 4.69) is 12.2 Å². The predicted octanol–water partition coefficient (Wildman–Crippen LogP) is 7.61. The van der Waals surface area contributed by atoms with Crippen molar-refractivity contribution in [2.45, 2.75) is 44.9 Å². The molecule has 4 aromatic carbocycles. The summed E-state index contributed by atoms with van der Waals surface area (Å²) in [6.45, 7) is 5.43. The Bertz CT molecular complexity index is 1850. The molecule has 1 heterocycles. The molecule has 1 atom stereocenters. The smallest absolute Gasteiger partial charge is 0.410 e. The summed E-state index contributed by atoms with van der Waals surface area (Å²) >= 11 is 1.05. The lowest BCUT2D eigenvalue weighted by Crippen LogP contribution is -2.28. The number of nitrogens with one attached hydrogen (secondary N) is 1. The van der Waals surface area contributed by atoms with Crippen LogP contribution in [-0.2, 0) is 34.0 Å². The number of non-ortho nitro benzene ring substituents is 2. The Balaban J connectivity index is 0.000000261. The molecule has 2 N–H and O–H groups in total. The van der Waals surface area contributed by atoms with Crippen molar-refractivity contribution in [3.63, 3.8) is 0 Å². The number of benzene rings is 4. The van der Waals surface area contributed by atoms with E-state index >= 15 is 0 Å². The predicted molar refractivity (Wildman–Crippen MR) is 189 cm³/mol. The molecule has 51 heavy (non-hydrogen) atoms. The number of ether oxygens (including phenoxy) is 2. The SMILES string of the molecule is CC(=O)Sc1ccc(-c2ccc(CNC(=O)OCc3ccc([N+](=O)[O-])cc3)cc2)c(O)c1.C[C@H]1CCN(C(=O)OCc2ccc([N+](=O)[O-])cc2)C1. The normalized spacial score (nSPS) is 13.4. The fraction of sp³-hybridized carbons (Fsp3) is 0.250. The molecule has 0 radical (unpaired) electrons. The third-order valence-corrected chi connectivity index (χ3v) is 8.42. The topological polar surface area (TPSA) is 191 Å². The lowest BCUT2D eigenvalue weighted by Gasteiger charge is -2.15. The number of phenols is 1. The van der Waals surface area contributed by atoms with Crippen LogP contribution in [0.4, 0.5) is 21.0 Å². The average Bonchev–Trinajstić information content (AvgIpc) is 3.56. The number of hydrogen-bond donors (Lipinski definition) is 2. The summed E-state index contributed by atoms with van der Waals surface area (Å²) in [5.41, 5.74) is 3.66. The molecule has 5 rings (SSSR count). The second-order valence-electron chi connectivity index (χ2n) is 11.6. The zero-order valence-electron chi connectivity index (χ0n) is 27.9. The van der Waals surface area contributed by atoms with Crippen molar-refractivity contribution in [1.29, 1.82) is 0 Å². The first kappa shape index (κ1) is 37.9. The molecule has 1 aliphatic rings. The number of likely N-dealkylation sites (tertiary alicyclic amines) is 1. The molecular formula is C36H36N4O10S. The summed E-state index contributed by atoms with van der Waals surface area (Å²) in [4.78, 5) is 57.4. The van der Waals surface area contributed by atoms with E-state index in [-0.39, 0.29) is 48.1 Å². The van der Waals surface area contributed by atoms with Crippen LogP contribution in [-0.4, -0.2) is 50.2 Å². The van der Waals surface area contributed by atoms with Crippen LogP contribution in [0.1, 0.15) is 37.0 Å². The van der Waals surface area contributed by atoms with Gasteiger partial charge in [-0.05, 0) is 77.1 Å². The van der Waals surface area contributed by atoms with Gasteiger partial charge in [-0.2, -0.15) is 0 Å². The number of thioether (sulfide) groups is 1. The van der Waals surface area contributed by atoms with E-state index in [1.165, 1.54) is 43.3 Å². The van der Waals surface area contributed by atoms with Gasteiger partial charge in [0.05, 0.1) is 9.85 Å². The summed E-state index contributed by atoms with van der Waals surface area (Å²) in [6.07, 6.45) is 0.0819. The third kappa shape index (κ3) is 11.9. The molecule has 15 heteroatoms. The van der Waals surface area contributed by atoms with Crippen LogP contribution < -0.4 is 5.32 Å². The number of nitro groups is 2. The van der Waals surface area contributed by atoms with E-state index in [0.29, 0.717) is 21.9 Å². The summed E-state index contributed by atoms with van der Waals surface area (Å²) in [5.74, 6) is 0.601. The highest BCUT2D eigenvalue weighted by Gasteiger charge is 2.24. The Hall–Kier alpha value is -5.96. The fourth-order valence-corrected chi connectivity index (χ4v) is 5.56. The maximum atomic E-state index is 11.9. The Morgan fingerprint density at radius 3 is 1.88 bits per heavy atom. The largest absolute Gasteiger partial charge is 0.507 e. The number of carbonyl (C=O) groups is 3.